The zero-order valence-electron chi connectivity index (χ0n) is 16.4. The highest BCUT2D eigenvalue weighted by atomic mass is 32.2. The molecule has 164 valence electrons. The van der Waals surface area contributed by atoms with Crippen molar-refractivity contribution in [3.8, 4) is 5.75 Å². The molecule has 0 atom stereocenters. The van der Waals surface area contributed by atoms with E-state index in [1.54, 1.807) is 51.6 Å². The van der Waals surface area contributed by atoms with Crippen molar-refractivity contribution in [2.75, 3.05) is 50.7 Å². The van der Waals surface area contributed by atoms with Crippen LogP contribution in [0, 0.1) is 0 Å². The topological polar surface area (TPSA) is 70.2 Å². The van der Waals surface area contributed by atoms with Crippen molar-refractivity contribution in [1.29, 1.82) is 0 Å². The number of carbonyl (C=O) groups excluding carboxylic acids is 1. The van der Waals surface area contributed by atoms with Gasteiger partial charge >= 0.3 is 0 Å². The van der Waals surface area contributed by atoms with E-state index in [9.17, 15) is 22.0 Å². The van der Waals surface area contributed by atoms with Crippen LogP contribution in [0.2, 0.25) is 0 Å². The fourth-order valence-corrected chi connectivity index (χ4v) is 5.40. The monoisotopic (exact) mass is 459 g/mol. The van der Waals surface area contributed by atoms with Gasteiger partial charge in [-0.2, -0.15) is 0 Å². The number of benzene rings is 1. The first kappa shape index (κ1) is 22.4. The molecule has 1 aromatic heterocycles. The van der Waals surface area contributed by atoms with E-state index in [1.165, 1.54) is 11.4 Å². The molecule has 1 fully saturated rings. The molecular formula is C19H23F2N3O4S2. The van der Waals surface area contributed by atoms with Gasteiger partial charge in [-0.1, -0.05) is 6.07 Å². The number of carbonyl (C=O) groups is 1. The highest BCUT2D eigenvalue weighted by Gasteiger charge is 2.24. The second-order valence-electron chi connectivity index (χ2n) is 6.76. The van der Waals surface area contributed by atoms with Crippen LogP contribution >= 0.6 is 11.3 Å². The fourth-order valence-electron chi connectivity index (χ4n) is 3.05. The third kappa shape index (κ3) is 5.46. The summed E-state index contributed by atoms with van der Waals surface area (Å²) < 4.78 is 56.9. The SMILES string of the molecule is CN(c1ccc(OCC(=O)N2CCN(CC(F)F)CC2)cc1)S(=O)(=O)c1cccs1. The minimum absolute atomic E-state index is 0.169. The van der Waals surface area contributed by atoms with Gasteiger partial charge in [-0.05, 0) is 35.7 Å². The van der Waals surface area contributed by atoms with Gasteiger partial charge in [0.25, 0.3) is 22.4 Å². The zero-order chi connectivity index (χ0) is 21.7. The van der Waals surface area contributed by atoms with E-state index in [0.29, 0.717) is 37.6 Å². The second-order valence-corrected chi connectivity index (χ2v) is 9.90. The maximum absolute atomic E-state index is 12.6. The predicted octanol–water partition coefficient (Wildman–Crippen LogP) is 2.36. The molecule has 2 aromatic rings. The number of ether oxygens (including phenoxy) is 1. The maximum atomic E-state index is 12.6. The molecule has 7 nitrogen and oxygen atoms in total. The molecule has 1 aromatic carbocycles. The minimum Gasteiger partial charge on any atom is -0.484 e. The van der Waals surface area contributed by atoms with Gasteiger partial charge in [0.2, 0.25) is 0 Å². The van der Waals surface area contributed by atoms with Crippen molar-refractivity contribution in [1.82, 2.24) is 9.80 Å². The highest BCUT2D eigenvalue weighted by Crippen LogP contribution is 2.26. The van der Waals surface area contributed by atoms with E-state index in [-0.39, 0.29) is 23.3 Å². The van der Waals surface area contributed by atoms with Crippen molar-refractivity contribution >= 4 is 33.0 Å². The summed E-state index contributed by atoms with van der Waals surface area (Å²) in [4.78, 5) is 15.5. The number of sulfonamides is 1. The highest BCUT2D eigenvalue weighted by molar-refractivity contribution is 7.94. The summed E-state index contributed by atoms with van der Waals surface area (Å²) in [5.74, 6) is 0.221. The van der Waals surface area contributed by atoms with Crippen LogP contribution in [-0.4, -0.2) is 76.9 Å². The summed E-state index contributed by atoms with van der Waals surface area (Å²) in [6.07, 6.45) is -2.38. The maximum Gasteiger partial charge on any atom is 0.273 e. The van der Waals surface area contributed by atoms with E-state index < -0.39 is 16.4 Å². The number of alkyl halides is 2. The van der Waals surface area contributed by atoms with Crippen molar-refractivity contribution in [3.05, 3.63) is 41.8 Å². The van der Waals surface area contributed by atoms with E-state index >= 15 is 0 Å². The number of piperazine rings is 1. The van der Waals surface area contributed by atoms with Crippen molar-refractivity contribution in [3.63, 3.8) is 0 Å². The van der Waals surface area contributed by atoms with Crippen LogP contribution in [-0.2, 0) is 14.8 Å². The molecule has 0 saturated carbocycles. The molecule has 1 saturated heterocycles. The van der Waals surface area contributed by atoms with Crippen LogP contribution < -0.4 is 9.04 Å². The number of thiophene rings is 1. The molecule has 0 radical (unpaired) electrons. The van der Waals surface area contributed by atoms with E-state index in [1.807, 2.05) is 0 Å². The van der Waals surface area contributed by atoms with Crippen LogP contribution in [0.15, 0.2) is 46.0 Å². The summed E-state index contributed by atoms with van der Waals surface area (Å²) >= 11 is 1.15. The quantitative estimate of drug-likeness (QED) is 0.606. The Hall–Kier alpha value is -2.24. The van der Waals surface area contributed by atoms with Crippen LogP contribution in [0.5, 0.6) is 5.75 Å². The first-order chi connectivity index (χ1) is 14.3. The van der Waals surface area contributed by atoms with E-state index in [0.717, 1.165) is 11.3 Å². The van der Waals surface area contributed by atoms with Gasteiger partial charge in [0.05, 0.1) is 12.2 Å². The minimum atomic E-state index is -3.61. The van der Waals surface area contributed by atoms with Crippen molar-refractivity contribution in [2.24, 2.45) is 0 Å². The van der Waals surface area contributed by atoms with Crippen molar-refractivity contribution in [2.45, 2.75) is 10.6 Å². The van der Waals surface area contributed by atoms with Gasteiger partial charge in [0.1, 0.15) is 9.96 Å². The summed E-state index contributed by atoms with van der Waals surface area (Å²) in [6.45, 7) is 1.16. The number of nitrogens with zero attached hydrogens (tertiary/aromatic N) is 3. The average molecular weight is 460 g/mol. The van der Waals surface area contributed by atoms with Crippen LogP contribution in [0.3, 0.4) is 0 Å². The Morgan fingerprint density at radius 3 is 2.40 bits per heavy atom. The number of hydrogen-bond donors (Lipinski definition) is 0. The number of hydrogen-bond acceptors (Lipinski definition) is 6. The lowest BCUT2D eigenvalue weighted by Crippen LogP contribution is -2.50. The Labute approximate surface area is 178 Å². The normalized spacial score (nSPS) is 15.4. The van der Waals surface area contributed by atoms with Gasteiger partial charge in [0.15, 0.2) is 6.61 Å². The molecule has 0 spiro atoms. The molecule has 30 heavy (non-hydrogen) atoms. The van der Waals surface area contributed by atoms with Gasteiger partial charge in [-0.3, -0.25) is 14.0 Å². The molecular weight excluding hydrogens is 436 g/mol. The van der Waals surface area contributed by atoms with Crippen molar-refractivity contribution < 1.29 is 26.7 Å². The third-order valence-electron chi connectivity index (χ3n) is 4.79. The predicted molar refractivity (Wildman–Crippen MR) is 111 cm³/mol. The Morgan fingerprint density at radius 1 is 1.17 bits per heavy atom. The molecule has 0 aliphatic carbocycles. The van der Waals surface area contributed by atoms with Gasteiger partial charge in [-0.25, -0.2) is 17.2 Å². The summed E-state index contributed by atoms with van der Waals surface area (Å²) in [7, 11) is -2.14. The summed E-state index contributed by atoms with van der Waals surface area (Å²) in [5, 5.41) is 1.70. The Bertz CT molecular complexity index is 929. The number of amides is 1. The molecule has 0 N–H and O–H groups in total. The molecule has 3 rings (SSSR count). The molecule has 0 unspecified atom stereocenters. The number of anilines is 1. The number of rotatable bonds is 8. The third-order valence-corrected chi connectivity index (χ3v) is 7.95. The summed E-state index contributed by atoms with van der Waals surface area (Å²) in [6, 6.07) is 9.64. The molecule has 0 bridgehead atoms. The zero-order valence-corrected chi connectivity index (χ0v) is 18.0. The van der Waals surface area contributed by atoms with Crippen LogP contribution in [0.4, 0.5) is 14.5 Å². The summed E-state index contributed by atoms with van der Waals surface area (Å²) in [5.41, 5.74) is 0.470. The molecule has 1 aliphatic heterocycles. The van der Waals surface area contributed by atoms with E-state index in [4.69, 9.17) is 4.74 Å². The first-order valence-electron chi connectivity index (χ1n) is 9.31. The molecule has 11 heteroatoms. The number of halogens is 2. The Morgan fingerprint density at radius 2 is 1.83 bits per heavy atom. The molecule has 1 amide bonds. The lowest BCUT2D eigenvalue weighted by Gasteiger charge is -2.34. The fraction of sp³-hybridized carbons (Fsp3) is 0.421. The lowest BCUT2D eigenvalue weighted by molar-refractivity contribution is -0.135. The molecule has 2 heterocycles. The first-order valence-corrected chi connectivity index (χ1v) is 11.6. The standard InChI is InChI=1S/C19H23F2N3O4S2/c1-22(30(26,27)19-3-2-12-29-19)15-4-6-16(7-5-15)28-14-18(25)24-10-8-23(9-11-24)13-17(20)21/h2-7,12,17H,8-11,13-14H2,1H3. The average Bonchev–Trinajstić information content (AvgIpc) is 3.28. The van der Waals surface area contributed by atoms with Gasteiger partial charge < -0.3 is 9.64 Å². The smallest absolute Gasteiger partial charge is 0.273 e. The van der Waals surface area contributed by atoms with Gasteiger partial charge in [-0.15, -0.1) is 11.3 Å². The largest absolute Gasteiger partial charge is 0.484 e. The lowest BCUT2D eigenvalue weighted by atomic mass is 10.3. The Kier molecular flexibility index (Phi) is 7.27. The van der Waals surface area contributed by atoms with Crippen LogP contribution in [0.25, 0.3) is 0 Å². The molecule has 1 aliphatic rings. The van der Waals surface area contributed by atoms with E-state index in [2.05, 4.69) is 0 Å². The van der Waals surface area contributed by atoms with Crippen LogP contribution in [0.1, 0.15) is 0 Å². The second kappa shape index (κ2) is 9.71. The van der Waals surface area contributed by atoms with Gasteiger partial charge in [0, 0.05) is 33.2 Å². The Balaban J connectivity index is 1.51.